The first-order chi connectivity index (χ1) is 8.86. The summed E-state index contributed by atoms with van der Waals surface area (Å²) in [6.07, 6.45) is 1.15. The lowest BCUT2D eigenvalue weighted by Crippen LogP contribution is -2.25. The summed E-state index contributed by atoms with van der Waals surface area (Å²) < 4.78 is 5.90. The van der Waals surface area contributed by atoms with Gasteiger partial charge in [0.05, 0.1) is 0 Å². The van der Waals surface area contributed by atoms with Crippen molar-refractivity contribution in [3.05, 3.63) is 29.8 Å². The van der Waals surface area contributed by atoms with Crippen LogP contribution in [0.2, 0.25) is 0 Å². The normalized spacial score (nSPS) is 14.2. The topological polar surface area (TPSA) is 67.8 Å². The first-order valence-electron chi connectivity index (χ1n) is 6.60. The van der Waals surface area contributed by atoms with Crippen molar-refractivity contribution in [3.8, 4) is 5.75 Å². The van der Waals surface area contributed by atoms with Gasteiger partial charge in [-0.1, -0.05) is 45.0 Å². The first-order valence-corrected chi connectivity index (χ1v) is 6.60. The van der Waals surface area contributed by atoms with Gasteiger partial charge in [-0.05, 0) is 29.5 Å². The average molecular weight is 264 g/mol. The van der Waals surface area contributed by atoms with Crippen molar-refractivity contribution in [1.29, 1.82) is 0 Å². The molecular formula is C15H24N2O2. The number of amidine groups is 1. The second-order valence-electron chi connectivity index (χ2n) is 5.72. The highest BCUT2D eigenvalue weighted by molar-refractivity contribution is 5.80. The Labute approximate surface area is 115 Å². The van der Waals surface area contributed by atoms with Gasteiger partial charge in [-0.25, -0.2) is 0 Å². The van der Waals surface area contributed by atoms with Crippen LogP contribution >= 0.6 is 0 Å². The fourth-order valence-corrected chi connectivity index (χ4v) is 1.77. The SMILES string of the molecule is CCC(C/C(N)=N/O)Oc1cccc(C(C)(C)C)c1. The molecule has 0 bridgehead atoms. The molecule has 0 radical (unpaired) electrons. The van der Waals surface area contributed by atoms with Crippen LogP contribution in [0.1, 0.15) is 46.1 Å². The van der Waals surface area contributed by atoms with E-state index >= 15 is 0 Å². The van der Waals surface area contributed by atoms with E-state index in [0.29, 0.717) is 6.42 Å². The van der Waals surface area contributed by atoms with Gasteiger partial charge >= 0.3 is 0 Å². The Hall–Kier alpha value is -1.71. The smallest absolute Gasteiger partial charge is 0.142 e. The Morgan fingerprint density at radius 3 is 2.63 bits per heavy atom. The molecule has 1 unspecified atom stereocenters. The predicted octanol–water partition coefficient (Wildman–Crippen LogP) is 3.28. The number of ether oxygens (including phenoxy) is 1. The Bertz CT molecular complexity index is 436. The highest BCUT2D eigenvalue weighted by Gasteiger charge is 2.16. The van der Waals surface area contributed by atoms with E-state index in [2.05, 4.69) is 38.1 Å². The molecule has 1 atom stereocenters. The van der Waals surface area contributed by atoms with Gasteiger partial charge in [-0.15, -0.1) is 0 Å². The number of rotatable bonds is 5. The molecule has 0 aliphatic rings. The van der Waals surface area contributed by atoms with Crippen molar-refractivity contribution in [2.24, 2.45) is 10.9 Å². The Balaban J connectivity index is 2.80. The zero-order valence-corrected chi connectivity index (χ0v) is 12.2. The summed E-state index contributed by atoms with van der Waals surface area (Å²) >= 11 is 0. The zero-order chi connectivity index (χ0) is 14.5. The van der Waals surface area contributed by atoms with E-state index in [4.69, 9.17) is 15.7 Å². The lowest BCUT2D eigenvalue weighted by molar-refractivity contribution is 0.202. The van der Waals surface area contributed by atoms with Gasteiger partial charge in [0.1, 0.15) is 17.7 Å². The molecule has 0 aliphatic heterocycles. The number of hydrogen-bond acceptors (Lipinski definition) is 3. The monoisotopic (exact) mass is 264 g/mol. The Morgan fingerprint density at radius 2 is 2.11 bits per heavy atom. The summed E-state index contributed by atoms with van der Waals surface area (Å²) in [5.74, 6) is 1.02. The molecule has 4 nitrogen and oxygen atoms in total. The van der Waals surface area contributed by atoms with Crippen LogP contribution < -0.4 is 10.5 Å². The molecule has 4 heteroatoms. The third kappa shape index (κ3) is 4.81. The molecular weight excluding hydrogens is 240 g/mol. The molecule has 1 aromatic carbocycles. The van der Waals surface area contributed by atoms with Crippen LogP contribution in [-0.4, -0.2) is 17.1 Å². The molecule has 0 fully saturated rings. The quantitative estimate of drug-likeness (QED) is 0.371. The molecule has 3 N–H and O–H groups in total. The van der Waals surface area contributed by atoms with Crippen molar-refractivity contribution in [2.75, 3.05) is 0 Å². The first kappa shape index (κ1) is 15.3. The van der Waals surface area contributed by atoms with Crippen LogP contribution in [0.15, 0.2) is 29.4 Å². The van der Waals surface area contributed by atoms with Crippen molar-refractivity contribution < 1.29 is 9.94 Å². The highest BCUT2D eigenvalue weighted by atomic mass is 16.5. The molecule has 19 heavy (non-hydrogen) atoms. The minimum atomic E-state index is -0.0777. The molecule has 0 aromatic heterocycles. The van der Waals surface area contributed by atoms with Gasteiger partial charge in [-0.3, -0.25) is 0 Å². The molecule has 1 aromatic rings. The van der Waals surface area contributed by atoms with Crippen molar-refractivity contribution >= 4 is 5.84 Å². The van der Waals surface area contributed by atoms with Gasteiger partial charge < -0.3 is 15.7 Å². The van der Waals surface area contributed by atoms with E-state index in [1.54, 1.807) is 0 Å². The average Bonchev–Trinajstić information content (AvgIpc) is 2.37. The molecule has 1 rings (SSSR count). The molecule has 0 saturated carbocycles. The van der Waals surface area contributed by atoms with E-state index in [9.17, 15) is 0 Å². The minimum Gasteiger partial charge on any atom is -0.490 e. The van der Waals surface area contributed by atoms with E-state index in [1.165, 1.54) is 5.56 Å². The number of nitrogens with two attached hydrogens (primary N) is 1. The summed E-state index contributed by atoms with van der Waals surface area (Å²) in [5, 5.41) is 11.6. The van der Waals surface area contributed by atoms with Crippen LogP contribution in [-0.2, 0) is 5.41 Å². The molecule has 0 saturated heterocycles. The lowest BCUT2D eigenvalue weighted by atomic mass is 9.87. The fourth-order valence-electron chi connectivity index (χ4n) is 1.77. The second kappa shape index (κ2) is 6.45. The van der Waals surface area contributed by atoms with E-state index in [1.807, 2.05) is 19.1 Å². The molecule has 0 aliphatic carbocycles. The van der Waals surface area contributed by atoms with Crippen LogP contribution in [0.4, 0.5) is 0 Å². The largest absolute Gasteiger partial charge is 0.490 e. The molecule has 106 valence electrons. The van der Waals surface area contributed by atoms with E-state index < -0.39 is 0 Å². The van der Waals surface area contributed by atoms with Crippen LogP contribution in [0, 0.1) is 0 Å². The summed E-state index contributed by atoms with van der Waals surface area (Å²) in [4.78, 5) is 0. The molecule has 0 amide bonds. The number of oxime groups is 1. The van der Waals surface area contributed by atoms with E-state index in [-0.39, 0.29) is 17.4 Å². The molecule has 0 heterocycles. The number of nitrogens with zero attached hydrogens (tertiary/aromatic N) is 1. The maximum atomic E-state index is 8.60. The minimum absolute atomic E-state index is 0.0777. The number of benzene rings is 1. The fraction of sp³-hybridized carbons (Fsp3) is 0.533. The third-order valence-corrected chi connectivity index (χ3v) is 3.02. The maximum Gasteiger partial charge on any atom is 0.142 e. The van der Waals surface area contributed by atoms with Crippen molar-refractivity contribution in [3.63, 3.8) is 0 Å². The van der Waals surface area contributed by atoms with Gasteiger partial charge in [-0.2, -0.15) is 0 Å². The summed E-state index contributed by atoms with van der Waals surface area (Å²) in [6.45, 7) is 8.52. The molecule has 0 spiro atoms. The Kier molecular flexibility index (Phi) is 5.21. The van der Waals surface area contributed by atoms with Gasteiger partial charge in [0.15, 0.2) is 0 Å². The van der Waals surface area contributed by atoms with Gasteiger partial charge in [0.2, 0.25) is 0 Å². The van der Waals surface area contributed by atoms with Gasteiger partial charge in [0.25, 0.3) is 0 Å². The van der Waals surface area contributed by atoms with Crippen molar-refractivity contribution in [2.45, 2.75) is 52.1 Å². The third-order valence-electron chi connectivity index (χ3n) is 3.02. The predicted molar refractivity (Wildman–Crippen MR) is 77.9 cm³/mol. The second-order valence-corrected chi connectivity index (χ2v) is 5.72. The zero-order valence-electron chi connectivity index (χ0n) is 12.2. The standard InChI is InChI=1S/C15H24N2O2/c1-5-12(10-14(16)17-18)19-13-8-6-7-11(9-13)15(2,3)4/h6-9,12,18H,5,10H2,1-4H3,(H2,16,17). The number of hydrogen-bond donors (Lipinski definition) is 2. The van der Waals surface area contributed by atoms with Crippen molar-refractivity contribution in [1.82, 2.24) is 0 Å². The Morgan fingerprint density at radius 1 is 1.42 bits per heavy atom. The van der Waals surface area contributed by atoms with E-state index in [0.717, 1.165) is 12.2 Å². The summed E-state index contributed by atoms with van der Waals surface area (Å²) in [6, 6.07) is 8.07. The van der Waals surface area contributed by atoms with Crippen LogP contribution in [0.25, 0.3) is 0 Å². The summed E-state index contributed by atoms with van der Waals surface area (Å²) in [5.41, 5.74) is 6.84. The lowest BCUT2D eigenvalue weighted by Gasteiger charge is -2.22. The maximum absolute atomic E-state index is 8.60. The van der Waals surface area contributed by atoms with Gasteiger partial charge in [0, 0.05) is 6.42 Å². The van der Waals surface area contributed by atoms with Crippen LogP contribution in [0.3, 0.4) is 0 Å². The summed E-state index contributed by atoms with van der Waals surface area (Å²) in [7, 11) is 0. The highest BCUT2D eigenvalue weighted by Crippen LogP contribution is 2.26. The van der Waals surface area contributed by atoms with Crippen LogP contribution in [0.5, 0.6) is 5.75 Å².